The summed E-state index contributed by atoms with van der Waals surface area (Å²) in [4.78, 5) is 24.9. The third kappa shape index (κ3) is 8.26. The van der Waals surface area contributed by atoms with Gasteiger partial charge < -0.3 is 10.2 Å². The van der Waals surface area contributed by atoms with Crippen LogP contribution in [0, 0.1) is 0 Å². The van der Waals surface area contributed by atoms with E-state index >= 15 is 0 Å². The van der Waals surface area contributed by atoms with E-state index in [1.54, 1.807) is 6.20 Å². The number of aromatic nitrogens is 1. The van der Waals surface area contributed by atoms with Crippen LogP contribution in [0.25, 0.3) is 10.2 Å². The van der Waals surface area contributed by atoms with Gasteiger partial charge >= 0.3 is 18.1 Å². The average molecular weight is 414 g/mol. The van der Waals surface area contributed by atoms with Crippen LogP contribution in [0.4, 0.5) is 22.0 Å². The fourth-order valence-electron chi connectivity index (χ4n) is 1.84. The number of thiophene rings is 1. The van der Waals surface area contributed by atoms with Crippen LogP contribution in [0.2, 0.25) is 0 Å². The highest BCUT2D eigenvalue weighted by Gasteiger charge is 2.38. The van der Waals surface area contributed by atoms with Crippen molar-refractivity contribution in [3.05, 3.63) is 29.3 Å². The summed E-state index contributed by atoms with van der Waals surface area (Å²) in [5, 5.41) is 18.7. The summed E-state index contributed by atoms with van der Waals surface area (Å²) in [6.45, 7) is 0.946. The normalized spacial score (nSPS) is 13.0. The predicted octanol–water partition coefficient (Wildman–Crippen LogP) is 3.52. The molecule has 0 saturated carbocycles. The Balaban J connectivity index is 0.000000445. The zero-order valence-electron chi connectivity index (χ0n) is 13.8. The van der Waals surface area contributed by atoms with Gasteiger partial charge in [0.15, 0.2) is 0 Å². The summed E-state index contributed by atoms with van der Waals surface area (Å²) in [5.41, 5.74) is 0.821. The van der Waals surface area contributed by atoms with Crippen molar-refractivity contribution in [2.75, 3.05) is 0 Å². The molecule has 0 fully saturated rings. The van der Waals surface area contributed by atoms with Crippen LogP contribution in [0.3, 0.4) is 0 Å². The number of carbonyl (C=O) groups is 2. The molecule has 0 aliphatic heterocycles. The van der Waals surface area contributed by atoms with Gasteiger partial charge in [0.2, 0.25) is 5.92 Å². The Bertz CT molecular complexity index is 755. The second-order valence-electron chi connectivity index (χ2n) is 5.45. The fraction of sp³-hybridized carbons (Fsp3) is 0.400. The van der Waals surface area contributed by atoms with Gasteiger partial charge in [0.1, 0.15) is 6.04 Å². The van der Waals surface area contributed by atoms with E-state index in [-0.39, 0.29) is 6.54 Å². The Morgan fingerprint density at radius 1 is 1.26 bits per heavy atom. The van der Waals surface area contributed by atoms with Gasteiger partial charge in [-0.2, -0.15) is 13.2 Å². The lowest BCUT2D eigenvalue weighted by Gasteiger charge is -2.17. The van der Waals surface area contributed by atoms with E-state index in [4.69, 9.17) is 15.0 Å². The highest BCUT2D eigenvalue weighted by Crippen LogP contribution is 2.24. The molecule has 1 atom stereocenters. The van der Waals surface area contributed by atoms with Gasteiger partial charge in [0.05, 0.1) is 10.2 Å². The van der Waals surface area contributed by atoms with E-state index < -0.39 is 36.5 Å². The van der Waals surface area contributed by atoms with Crippen molar-refractivity contribution < 1.29 is 41.8 Å². The second kappa shape index (κ2) is 9.04. The molecule has 0 amide bonds. The van der Waals surface area contributed by atoms with Crippen molar-refractivity contribution in [3.8, 4) is 0 Å². The summed E-state index contributed by atoms with van der Waals surface area (Å²) in [6.07, 6.45) is -4.14. The first-order chi connectivity index (χ1) is 12.3. The van der Waals surface area contributed by atoms with Gasteiger partial charge in [-0.3, -0.25) is 15.1 Å². The SMILES string of the molecule is CC(F)(F)CC(NCc1cc2ncccc2s1)C(=O)O.O=C(O)C(F)(F)F. The lowest BCUT2D eigenvalue weighted by molar-refractivity contribution is -0.192. The van der Waals surface area contributed by atoms with Gasteiger partial charge in [-0.1, -0.05) is 0 Å². The van der Waals surface area contributed by atoms with Gasteiger partial charge in [-0.05, 0) is 25.1 Å². The Morgan fingerprint density at radius 2 is 1.85 bits per heavy atom. The van der Waals surface area contributed by atoms with Gasteiger partial charge in [0, 0.05) is 24.0 Å². The first-order valence-corrected chi connectivity index (χ1v) is 8.09. The predicted molar refractivity (Wildman–Crippen MR) is 86.8 cm³/mol. The van der Waals surface area contributed by atoms with Crippen LogP contribution in [-0.4, -0.2) is 45.3 Å². The molecule has 0 aliphatic rings. The third-order valence-electron chi connectivity index (χ3n) is 2.96. The molecule has 0 radical (unpaired) electrons. The molecule has 3 N–H and O–H groups in total. The first-order valence-electron chi connectivity index (χ1n) is 7.27. The van der Waals surface area contributed by atoms with Crippen LogP contribution >= 0.6 is 11.3 Å². The number of halogens is 5. The summed E-state index contributed by atoms with van der Waals surface area (Å²) < 4.78 is 58.5. The Hall–Kier alpha value is -2.34. The first kappa shape index (κ1) is 22.7. The number of carboxylic acid groups (broad SMARTS) is 2. The molecule has 2 aromatic heterocycles. The second-order valence-corrected chi connectivity index (χ2v) is 6.62. The minimum atomic E-state index is -5.08. The molecule has 150 valence electrons. The highest BCUT2D eigenvalue weighted by molar-refractivity contribution is 7.19. The monoisotopic (exact) mass is 414 g/mol. The summed E-state index contributed by atoms with van der Waals surface area (Å²) in [6, 6.07) is 4.28. The van der Waals surface area contributed by atoms with Crippen molar-refractivity contribution in [2.24, 2.45) is 0 Å². The van der Waals surface area contributed by atoms with Crippen molar-refractivity contribution in [1.82, 2.24) is 10.3 Å². The lowest BCUT2D eigenvalue weighted by atomic mass is 10.1. The summed E-state index contributed by atoms with van der Waals surface area (Å²) in [5.74, 6) is -7.05. The molecular weight excluding hydrogens is 399 g/mol. The minimum Gasteiger partial charge on any atom is -0.480 e. The smallest absolute Gasteiger partial charge is 0.480 e. The Morgan fingerprint density at radius 3 is 2.30 bits per heavy atom. The van der Waals surface area contributed by atoms with Crippen LogP contribution < -0.4 is 5.32 Å². The quantitative estimate of drug-likeness (QED) is 0.626. The molecular formula is C15H15F5N2O4S. The Kier molecular flexibility index (Phi) is 7.60. The lowest BCUT2D eigenvalue weighted by Crippen LogP contribution is -2.40. The van der Waals surface area contributed by atoms with Crippen LogP contribution in [-0.2, 0) is 16.1 Å². The van der Waals surface area contributed by atoms with Crippen LogP contribution in [0.1, 0.15) is 18.2 Å². The number of nitrogens with zero attached hydrogens (tertiary/aromatic N) is 1. The number of pyridine rings is 1. The van der Waals surface area contributed by atoms with E-state index in [2.05, 4.69) is 10.3 Å². The average Bonchev–Trinajstić information content (AvgIpc) is 2.92. The van der Waals surface area contributed by atoms with Gasteiger partial charge in [-0.25, -0.2) is 13.6 Å². The summed E-state index contributed by atoms with van der Waals surface area (Å²) in [7, 11) is 0. The highest BCUT2D eigenvalue weighted by atomic mass is 32.1. The largest absolute Gasteiger partial charge is 0.490 e. The van der Waals surface area contributed by atoms with E-state index in [1.165, 1.54) is 11.3 Å². The van der Waals surface area contributed by atoms with Crippen molar-refractivity contribution in [2.45, 2.75) is 38.0 Å². The van der Waals surface area contributed by atoms with Crippen LogP contribution in [0.15, 0.2) is 24.4 Å². The number of hydrogen-bond acceptors (Lipinski definition) is 5. The maximum atomic E-state index is 12.9. The van der Waals surface area contributed by atoms with Gasteiger partial charge in [0.25, 0.3) is 0 Å². The molecule has 0 aromatic carbocycles. The molecule has 1 unspecified atom stereocenters. The topological polar surface area (TPSA) is 99.5 Å². The van der Waals surface area contributed by atoms with Crippen molar-refractivity contribution in [1.29, 1.82) is 0 Å². The molecule has 2 heterocycles. The molecule has 0 bridgehead atoms. The molecule has 0 aliphatic carbocycles. The number of hydrogen-bond donors (Lipinski definition) is 3. The summed E-state index contributed by atoms with van der Waals surface area (Å²) >= 11 is 1.46. The molecule has 6 nitrogen and oxygen atoms in total. The van der Waals surface area contributed by atoms with E-state index in [9.17, 15) is 26.7 Å². The zero-order valence-corrected chi connectivity index (χ0v) is 14.6. The number of nitrogens with one attached hydrogen (secondary N) is 1. The fourth-order valence-corrected chi connectivity index (χ4v) is 2.81. The van der Waals surface area contributed by atoms with E-state index in [0.717, 1.165) is 15.1 Å². The number of carboxylic acids is 2. The molecule has 27 heavy (non-hydrogen) atoms. The number of alkyl halides is 5. The maximum Gasteiger partial charge on any atom is 0.490 e. The number of rotatable bonds is 6. The van der Waals surface area contributed by atoms with Crippen molar-refractivity contribution >= 4 is 33.5 Å². The number of aliphatic carboxylic acids is 2. The molecule has 2 rings (SSSR count). The standard InChI is InChI=1S/C13H14F2N2O2S.C2HF3O2/c1-13(14,15)6-10(12(18)19)17-7-8-5-9-11(20-8)3-2-4-16-9;3-2(4,5)1(6)7/h2-5,10,17H,6-7H2,1H3,(H,18,19);(H,6,7). The number of fused-ring (bicyclic) bond motifs is 1. The molecule has 12 heteroatoms. The van der Waals surface area contributed by atoms with E-state index in [1.807, 2.05) is 18.2 Å². The van der Waals surface area contributed by atoms with E-state index in [0.29, 0.717) is 6.92 Å². The third-order valence-corrected chi connectivity index (χ3v) is 4.05. The van der Waals surface area contributed by atoms with Gasteiger partial charge in [-0.15, -0.1) is 11.3 Å². The maximum absolute atomic E-state index is 12.9. The molecule has 0 saturated heterocycles. The zero-order chi connectivity index (χ0) is 20.8. The molecule has 0 spiro atoms. The Labute approximate surface area is 153 Å². The minimum absolute atomic E-state index is 0.230. The molecule has 2 aromatic rings. The van der Waals surface area contributed by atoms with Crippen molar-refractivity contribution in [3.63, 3.8) is 0 Å². The van der Waals surface area contributed by atoms with Crippen LogP contribution in [0.5, 0.6) is 0 Å².